The first-order chi connectivity index (χ1) is 11.1. The van der Waals surface area contributed by atoms with Crippen molar-refractivity contribution in [3.05, 3.63) is 35.6 Å². The lowest BCUT2D eigenvalue weighted by atomic mass is 9.78. The van der Waals surface area contributed by atoms with Gasteiger partial charge in [-0.15, -0.1) is 0 Å². The van der Waals surface area contributed by atoms with Gasteiger partial charge in [0, 0.05) is 6.42 Å². The second-order valence-corrected chi connectivity index (χ2v) is 6.87. The lowest BCUT2D eigenvalue weighted by molar-refractivity contribution is -0.145. The van der Waals surface area contributed by atoms with Crippen molar-refractivity contribution >= 4 is 17.7 Å². The molecule has 1 N–H and O–H groups in total. The predicted molar refractivity (Wildman–Crippen MR) is 87.2 cm³/mol. The first kappa shape index (κ1) is 18.1. The molecule has 0 unspecified atom stereocenters. The Hall–Kier alpha value is -2.24. The summed E-state index contributed by atoms with van der Waals surface area (Å²) in [6.07, 6.45) is 0.129. The van der Waals surface area contributed by atoms with Gasteiger partial charge in [0.2, 0.25) is 17.7 Å². The first-order valence-corrected chi connectivity index (χ1v) is 8.04. The van der Waals surface area contributed by atoms with Crippen LogP contribution in [-0.2, 0) is 14.4 Å². The second-order valence-electron chi connectivity index (χ2n) is 6.87. The van der Waals surface area contributed by atoms with Crippen LogP contribution in [0.1, 0.15) is 45.7 Å². The molecule has 6 heteroatoms. The van der Waals surface area contributed by atoms with Crippen LogP contribution < -0.4 is 5.32 Å². The maximum Gasteiger partial charge on any atom is 0.240 e. The number of likely N-dealkylation sites (tertiary alicyclic amines) is 1. The Balaban J connectivity index is 2.01. The number of amides is 3. The zero-order chi connectivity index (χ0) is 18.1. The number of benzene rings is 1. The summed E-state index contributed by atoms with van der Waals surface area (Å²) in [5.41, 5.74) is -0.00391. The first-order valence-electron chi connectivity index (χ1n) is 8.04. The Bertz CT molecular complexity index is 657. The molecule has 1 aromatic rings. The number of carbonyl (C=O) groups is 3. The fraction of sp³-hybridized carbons (Fsp3) is 0.500. The van der Waals surface area contributed by atoms with Crippen molar-refractivity contribution in [2.24, 2.45) is 11.3 Å². The quantitative estimate of drug-likeness (QED) is 0.841. The van der Waals surface area contributed by atoms with Gasteiger partial charge < -0.3 is 5.32 Å². The molecule has 1 heterocycles. The normalized spacial score (nSPS) is 22.2. The number of hydrogen-bond acceptors (Lipinski definition) is 3. The Morgan fingerprint density at radius 1 is 1.25 bits per heavy atom. The van der Waals surface area contributed by atoms with Crippen LogP contribution in [0, 0.1) is 17.2 Å². The van der Waals surface area contributed by atoms with E-state index in [1.54, 1.807) is 26.0 Å². The molecular weight excluding hydrogens is 311 g/mol. The van der Waals surface area contributed by atoms with Gasteiger partial charge in [-0.05, 0) is 37.5 Å². The highest BCUT2D eigenvalue weighted by molar-refractivity contribution is 6.07. The topological polar surface area (TPSA) is 66.5 Å². The largest absolute Gasteiger partial charge is 0.348 e. The van der Waals surface area contributed by atoms with E-state index in [2.05, 4.69) is 5.32 Å². The van der Waals surface area contributed by atoms with Gasteiger partial charge in [-0.3, -0.25) is 19.3 Å². The van der Waals surface area contributed by atoms with E-state index in [-0.39, 0.29) is 42.6 Å². The predicted octanol–water partition coefficient (Wildman–Crippen LogP) is 2.42. The second kappa shape index (κ2) is 6.71. The molecule has 1 aliphatic heterocycles. The summed E-state index contributed by atoms with van der Waals surface area (Å²) < 4.78 is 12.9. The van der Waals surface area contributed by atoms with Gasteiger partial charge in [0.05, 0.1) is 11.5 Å². The van der Waals surface area contributed by atoms with Crippen molar-refractivity contribution < 1.29 is 18.8 Å². The highest BCUT2D eigenvalue weighted by Crippen LogP contribution is 2.39. The fourth-order valence-corrected chi connectivity index (χ4v) is 2.78. The SMILES string of the molecule is CC(C)[C@]1(C)CC(=O)N(CC(=O)N[C@@H](C)c2ccc(F)cc2)C1=O. The van der Waals surface area contributed by atoms with Crippen LogP contribution in [0.25, 0.3) is 0 Å². The molecule has 0 aliphatic carbocycles. The van der Waals surface area contributed by atoms with Gasteiger partial charge in [-0.1, -0.05) is 26.0 Å². The van der Waals surface area contributed by atoms with Crippen LogP contribution in [0.4, 0.5) is 4.39 Å². The molecule has 130 valence electrons. The Kier molecular flexibility index (Phi) is 5.06. The van der Waals surface area contributed by atoms with E-state index < -0.39 is 11.3 Å². The van der Waals surface area contributed by atoms with Crippen molar-refractivity contribution in [2.45, 2.75) is 40.2 Å². The summed E-state index contributed by atoms with van der Waals surface area (Å²) in [6, 6.07) is 5.46. The van der Waals surface area contributed by atoms with E-state index in [1.807, 2.05) is 13.8 Å². The maximum atomic E-state index is 12.9. The third-order valence-corrected chi connectivity index (χ3v) is 4.88. The Morgan fingerprint density at radius 3 is 2.33 bits per heavy atom. The monoisotopic (exact) mass is 334 g/mol. The minimum atomic E-state index is -0.750. The molecule has 5 nitrogen and oxygen atoms in total. The van der Waals surface area contributed by atoms with Crippen molar-refractivity contribution in [1.82, 2.24) is 10.2 Å². The lowest BCUT2D eigenvalue weighted by Crippen LogP contribution is -2.43. The number of imide groups is 1. The van der Waals surface area contributed by atoms with E-state index in [9.17, 15) is 18.8 Å². The van der Waals surface area contributed by atoms with Crippen LogP contribution in [0.2, 0.25) is 0 Å². The Labute approximate surface area is 141 Å². The molecule has 0 saturated carbocycles. The fourth-order valence-electron chi connectivity index (χ4n) is 2.78. The highest BCUT2D eigenvalue weighted by atomic mass is 19.1. The van der Waals surface area contributed by atoms with Crippen molar-refractivity contribution in [3.63, 3.8) is 0 Å². The average Bonchev–Trinajstić information content (AvgIpc) is 2.72. The third-order valence-electron chi connectivity index (χ3n) is 4.88. The number of halogens is 1. The zero-order valence-electron chi connectivity index (χ0n) is 14.4. The molecular formula is C18H23FN2O3. The molecule has 1 aromatic carbocycles. The van der Waals surface area contributed by atoms with Gasteiger partial charge >= 0.3 is 0 Å². The summed E-state index contributed by atoms with van der Waals surface area (Å²) in [4.78, 5) is 37.8. The number of carbonyl (C=O) groups excluding carboxylic acids is 3. The van der Waals surface area contributed by atoms with Gasteiger partial charge in [-0.25, -0.2) is 4.39 Å². The van der Waals surface area contributed by atoms with E-state index >= 15 is 0 Å². The van der Waals surface area contributed by atoms with Crippen molar-refractivity contribution in [2.75, 3.05) is 6.54 Å². The summed E-state index contributed by atoms with van der Waals surface area (Å²) >= 11 is 0. The molecule has 24 heavy (non-hydrogen) atoms. The van der Waals surface area contributed by atoms with Gasteiger partial charge in [0.25, 0.3) is 0 Å². The summed E-state index contributed by atoms with van der Waals surface area (Å²) in [6.45, 7) is 7.02. The summed E-state index contributed by atoms with van der Waals surface area (Å²) in [7, 11) is 0. The standard InChI is InChI=1S/C18H23FN2O3/c1-11(2)18(4)9-16(23)21(17(18)24)10-15(22)20-12(3)13-5-7-14(19)8-6-13/h5-8,11-12H,9-10H2,1-4H3,(H,20,22)/t12-,18-/m0/s1. The molecule has 2 atom stereocenters. The minimum Gasteiger partial charge on any atom is -0.348 e. The summed E-state index contributed by atoms with van der Waals surface area (Å²) in [5.74, 6) is -1.37. The van der Waals surface area contributed by atoms with E-state index in [4.69, 9.17) is 0 Å². The molecule has 3 amide bonds. The van der Waals surface area contributed by atoms with Crippen LogP contribution in [0.15, 0.2) is 24.3 Å². The number of nitrogens with zero attached hydrogens (tertiary/aromatic N) is 1. The smallest absolute Gasteiger partial charge is 0.240 e. The molecule has 0 radical (unpaired) electrons. The molecule has 1 fully saturated rings. The average molecular weight is 334 g/mol. The van der Waals surface area contributed by atoms with Gasteiger partial charge in [-0.2, -0.15) is 0 Å². The molecule has 1 aliphatic rings. The van der Waals surface area contributed by atoms with Crippen molar-refractivity contribution in [1.29, 1.82) is 0 Å². The molecule has 1 saturated heterocycles. The Morgan fingerprint density at radius 2 is 1.83 bits per heavy atom. The highest BCUT2D eigenvalue weighted by Gasteiger charge is 2.50. The van der Waals surface area contributed by atoms with Crippen LogP contribution in [0.5, 0.6) is 0 Å². The zero-order valence-corrected chi connectivity index (χ0v) is 14.4. The van der Waals surface area contributed by atoms with Crippen LogP contribution >= 0.6 is 0 Å². The van der Waals surface area contributed by atoms with Gasteiger partial charge in [0.15, 0.2) is 0 Å². The number of rotatable bonds is 5. The van der Waals surface area contributed by atoms with Crippen molar-refractivity contribution in [3.8, 4) is 0 Å². The summed E-state index contributed by atoms with van der Waals surface area (Å²) in [5, 5.41) is 2.73. The van der Waals surface area contributed by atoms with E-state index in [1.165, 1.54) is 12.1 Å². The lowest BCUT2D eigenvalue weighted by Gasteiger charge is -2.26. The molecule has 2 rings (SSSR count). The van der Waals surface area contributed by atoms with Crippen LogP contribution in [0.3, 0.4) is 0 Å². The molecule has 0 bridgehead atoms. The van der Waals surface area contributed by atoms with Gasteiger partial charge in [0.1, 0.15) is 12.4 Å². The maximum absolute atomic E-state index is 12.9. The molecule has 0 spiro atoms. The molecule has 0 aromatic heterocycles. The third kappa shape index (κ3) is 3.47. The van der Waals surface area contributed by atoms with Crippen LogP contribution in [-0.4, -0.2) is 29.2 Å². The number of hydrogen-bond donors (Lipinski definition) is 1. The minimum absolute atomic E-state index is 0.0140. The van der Waals surface area contributed by atoms with E-state index in [0.29, 0.717) is 0 Å². The number of nitrogens with one attached hydrogen (secondary N) is 1. The van der Waals surface area contributed by atoms with E-state index in [0.717, 1.165) is 10.5 Å².